The Balaban J connectivity index is 1.61. The summed E-state index contributed by atoms with van der Waals surface area (Å²) in [4.78, 5) is 38.2. The molecule has 4 rings (SSSR count). The third-order valence-electron chi connectivity index (χ3n) is 6.06. The number of Topliss-reactive ketones (excluding diaryl/α,β-unsaturated/α-hetero) is 1. The quantitative estimate of drug-likeness (QED) is 0.707. The van der Waals surface area contributed by atoms with Gasteiger partial charge in [-0.05, 0) is 41.7 Å². The molecule has 2 unspecified atom stereocenters. The van der Waals surface area contributed by atoms with Crippen molar-refractivity contribution in [2.45, 2.75) is 12.8 Å². The van der Waals surface area contributed by atoms with E-state index in [2.05, 4.69) is 0 Å². The lowest BCUT2D eigenvalue weighted by Crippen LogP contribution is -2.54. The summed E-state index contributed by atoms with van der Waals surface area (Å²) in [6, 6.07) is 13.9. The molecule has 2 aromatic carbocycles. The van der Waals surface area contributed by atoms with Crippen molar-refractivity contribution in [3.05, 3.63) is 71.5 Å². The highest BCUT2D eigenvalue weighted by atomic mass is 16.5. The van der Waals surface area contributed by atoms with Crippen LogP contribution in [0.1, 0.15) is 28.8 Å². The van der Waals surface area contributed by atoms with Crippen LogP contribution in [0.15, 0.2) is 60.4 Å². The highest BCUT2D eigenvalue weighted by Gasteiger charge is 2.58. The highest BCUT2D eigenvalue weighted by Crippen LogP contribution is 2.56. The summed E-state index contributed by atoms with van der Waals surface area (Å²) < 4.78 is 16.0. The topological polar surface area (TPSA) is 78.9 Å². The summed E-state index contributed by atoms with van der Waals surface area (Å²) in [5.74, 6) is -1.35. The molecule has 2 aliphatic rings. The first-order chi connectivity index (χ1) is 14.5. The van der Waals surface area contributed by atoms with E-state index < -0.39 is 17.8 Å². The van der Waals surface area contributed by atoms with Gasteiger partial charge in [-0.2, -0.15) is 0 Å². The molecule has 154 valence electrons. The molecule has 0 aromatic heterocycles. The molecular weight excluding hydrogens is 384 g/mol. The maximum absolute atomic E-state index is 13.2. The number of ether oxygens (including phenoxy) is 3. The Hall–Kier alpha value is -3.41. The number of hydrogen-bond donors (Lipinski definition) is 0. The zero-order valence-corrected chi connectivity index (χ0v) is 17.0. The molecule has 0 heterocycles. The lowest BCUT2D eigenvalue weighted by atomic mass is 9.51. The highest BCUT2D eigenvalue weighted by molar-refractivity contribution is 6.12. The molecule has 0 radical (unpaired) electrons. The fourth-order valence-electron chi connectivity index (χ4n) is 4.56. The number of hydrogen-bond acceptors (Lipinski definition) is 6. The van der Waals surface area contributed by atoms with Gasteiger partial charge in [0.1, 0.15) is 0 Å². The summed E-state index contributed by atoms with van der Waals surface area (Å²) in [5, 5.41) is 0. The van der Waals surface area contributed by atoms with Gasteiger partial charge in [0.15, 0.2) is 23.0 Å². The number of benzene rings is 2. The molecule has 6 heteroatoms. The average molecular weight is 406 g/mol. The molecule has 0 aliphatic heterocycles. The molecule has 0 N–H and O–H groups in total. The Morgan fingerprint density at radius 2 is 1.57 bits per heavy atom. The number of ketones is 2. The van der Waals surface area contributed by atoms with Crippen molar-refractivity contribution in [2.24, 2.45) is 17.8 Å². The van der Waals surface area contributed by atoms with Crippen molar-refractivity contribution in [3.8, 4) is 11.5 Å². The van der Waals surface area contributed by atoms with E-state index in [-0.39, 0.29) is 29.2 Å². The van der Waals surface area contributed by atoms with Crippen LogP contribution in [-0.2, 0) is 14.3 Å². The monoisotopic (exact) mass is 406 g/mol. The lowest BCUT2D eigenvalue weighted by molar-refractivity contribution is -0.144. The van der Waals surface area contributed by atoms with E-state index in [1.54, 1.807) is 50.6 Å². The van der Waals surface area contributed by atoms with E-state index in [0.29, 0.717) is 17.1 Å². The first kappa shape index (κ1) is 19.9. The van der Waals surface area contributed by atoms with Gasteiger partial charge in [-0.1, -0.05) is 31.2 Å². The van der Waals surface area contributed by atoms with E-state index in [9.17, 15) is 14.4 Å². The van der Waals surface area contributed by atoms with Crippen LogP contribution in [0, 0.1) is 17.8 Å². The molecule has 0 saturated heterocycles. The number of esters is 1. The minimum atomic E-state index is -0.656. The second kappa shape index (κ2) is 7.78. The summed E-state index contributed by atoms with van der Waals surface area (Å²) in [6.07, 6.45) is 1.17. The third-order valence-corrected chi connectivity index (χ3v) is 6.06. The van der Waals surface area contributed by atoms with Crippen LogP contribution >= 0.6 is 0 Å². The average Bonchev–Trinajstić information content (AvgIpc) is 2.76. The predicted octanol–water partition coefficient (Wildman–Crippen LogP) is 3.56. The van der Waals surface area contributed by atoms with Crippen LogP contribution in [-0.4, -0.2) is 31.8 Å². The van der Waals surface area contributed by atoms with E-state index in [1.807, 2.05) is 19.1 Å². The zero-order chi connectivity index (χ0) is 21.4. The zero-order valence-electron chi connectivity index (χ0n) is 17.0. The molecule has 4 atom stereocenters. The van der Waals surface area contributed by atoms with Gasteiger partial charge in [-0.15, -0.1) is 0 Å². The summed E-state index contributed by atoms with van der Waals surface area (Å²) >= 11 is 0. The number of carbonyl (C=O) groups excluding carboxylic acids is 3. The Bertz CT molecular complexity index is 1040. The van der Waals surface area contributed by atoms with E-state index >= 15 is 0 Å². The van der Waals surface area contributed by atoms with Gasteiger partial charge in [0, 0.05) is 17.9 Å². The van der Waals surface area contributed by atoms with Crippen LogP contribution in [0.25, 0.3) is 0 Å². The Labute approximate surface area is 174 Å². The fraction of sp³-hybridized carbons (Fsp3) is 0.292. The van der Waals surface area contributed by atoms with Crippen LogP contribution in [0.4, 0.5) is 0 Å². The van der Waals surface area contributed by atoms with E-state index in [4.69, 9.17) is 14.2 Å². The lowest BCUT2D eigenvalue weighted by Gasteiger charge is -2.50. The molecule has 2 aromatic rings. The Morgan fingerprint density at radius 1 is 0.867 bits per heavy atom. The van der Waals surface area contributed by atoms with Gasteiger partial charge in [0.05, 0.1) is 19.8 Å². The van der Waals surface area contributed by atoms with Gasteiger partial charge >= 0.3 is 5.97 Å². The van der Waals surface area contributed by atoms with Crippen LogP contribution in [0.2, 0.25) is 0 Å². The van der Waals surface area contributed by atoms with Crippen LogP contribution < -0.4 is 9.47 Å². The number of methoxy groups -OCH3 is 2. The number of carbonyl (C=O) groups is 3. The number of fused-ring (bicyclic) bond motifs is 1. The molecule has 0 amide bonds. The normalized spacial score (nSPS) is 25.0. The van der Waals surface area contributed by atoms with Gasteiger partial charge in [-0.25, -0.2) is 4.79 Å². The van der Waals surface area contributed by atoms with Gasteiger partial charge in [0.25, 0.3) is 0 Å². The molecule has 1 fully saturated rings. The smallest absolute Gasteiger partial charge is 0.343 e. The molecule has 0 bridgehead atoms. The van der Waals surface area contributed by atoms with Crippen molar-refractivity contribution >= 4 is 17.5 Å². The molecule has 2 aliphatic carbocycles. The summed E-state index contributed by atoms with van der Waals surface area (Å²) in [5.41, 5.74) is 1.21. The van der Waals surface area contributed by atoms with Gasteiger partial charge < -0.3 is 14.2 Å². The molecule has 30 heavy (non-hydrogen) atoms. The standard InChI is InChI=1S/C24H22O6/c1-13-20(15-9-10-17(28-2)18(11-15)29-3)22-21(13)16(25)12-19(23(22)26)30-24(27)14-7-5-4-6-8-14/h4-13,20-22H,1-3H3/t13-,20+,21?,22?/m1/s1. The van der Waals surface area contributed by atoms with Crippen molar-refractivity contribution in [3.63, 3.8) is 0 Å². The first-order valence-corrected chi connectivity index (χ1v) is 9.75. The molecular formula is C24H22O6. The van der Waals surface area contributed by atoms with Crippen molar-refractivity contribution in [1.82, 2.24) is 0 Å². The second-order valence-corrected chi connectivity index (χ2v) is 7.58. The van der Waals surface area contributed by atoms with Crippen molar-refractivity contribution in [1.29, 1.82) is 0 Å². The van der Waals surface area contributed by atoms with Gasteiger partial charge in [0.2, 0.25) is 5.78 Å². The maximum Gasteiger partial charge on any atom is 0.343 e. The van der Waals surface area contributed by atoms with E-state index in [0.717, 1.165) is 5.56 Å². The Morgan fingerprint density at radius 3 is 2.23 bits per heavy atom. The molecule has 0 spiro atoms. The minimum absolute atomic E-state index is 0.0211. The largest absolute Gasteiger partial charge is 0.493 e. The fourth-order valence-corrected chi connectivity index (χ4v) is 4.56. The third kappa shape index (κ3) is 3.18. The summed E-state index contributed by atoms with van der Waals surface area (Å²) in [7, 11) is 3.11. The van der Waals surface area contributed by atoms with E-state index in [1.165, 1.54) is 6.08 Å². The van der Waals surface area contributed by atoms with Crippen molar-refractivity contribution < 1.29 is 28.6 Å². The summed E-state index contributed by atoms with van der Waals surface area (Å²) in [6.45, 7) is 1.96. The SMILES string of the molecule is COc1ccc([C@H]2C3C(=O)C(OC(=O)c4ccccc4)=CC(=O)C3[C@@H]2C)cc1OC. The Kier molecular flexibility index (Phi) is 5.16. The van der Waals surface area contributed by atoms with Crippen LogP contribution in [0.5, 0.6) is 11.5 Å². The molecule has 6 nitrogen and oxygen atoms in total. The number of rotatable bonds is 5. The minimum Gasteiger partial charge on any atom is -0.493 e. The van der Waals surface area contributed by atoms with Crippen LogP contribution in [0.3, 0.4) is 0 Å². The van der Waals surface area contributed by atoms with Gasteiger partial charge in [-0.3, -0.25) is 9.59 Å². The molecule has 1 saturated carbocycles. The predicted molar refractivity (Wildman–Crippen MR) is 108 cm³/mol. The maximum atomic E-state index is 13.2. The number of allylic oxidation sites excluding steroid dienone is 2. The van der Waals surface area contributed by atoms with Crippen molar-refractivity contribution in [2.75, 3.05) is 14.2 Å². The first-order valence-electron chi connectivity index (χ1n) is 9.75. The second-order valence-electron chi connectivity index (χ2n) is 7.58.